The summed E-state index contributed by atoms with van der Waals surface area (Å²) in [6.07, 6.45) is -0.0246. The fraction of sp³-hybridized carbons (Fsp3) is 0.529. The van der Waals surface area contributed by atoms with Gasteiger partial charge in [0, 0.05) is 12.1 Å². The van der Waals surface area contributed by atoms with Gasteiger partial charge in [-0.05, 0) is 38.8 Å². The number of rotatable bonds is 3. The van der Waals surface area contributed by atoms with Gasteiger partial charge in [-0.1, -0.05) is 17.7 Å². The smallest absolute Gasteiger partial charge is 0.127 e. The van der Waals surface area contributed by atoms with Gasteiger partial charge >= 0.3 is 0 Å². The fourth-order valence-corrected chi connectivity index (χ4v) is 3.52. The topological polar surface area (TPSA) is 68.8 Å². The van der Waals surface area contributed by atoms with Crippen LogP contribution in [-0.4, -0.2) is 46.7 Å². The van der Waals surface area contributed by atoms with Gasteiger partial charge in [-0.25, -0.2) is 0 Å². The van der Waals surface area contributed by atoms with Crippen molar-refractivity contribution in [3.05, 3.63) is 33.8 Å². The van der Waals surface area contributed by atoms with E-state index in [4.69, 9.17) is 21.6 Å². The van der Waals surface area contributed by atoms with Gasteiger partial charge in [0.1, 0.15) is 18.2 Å². The van der Waals surface area contributed by atoms with Crippen LogP contribution in [0.2, 0.25) is 5.02 Å². The van der Waals surface area contributed by atoms with Gasteiger partial charge in [0.25, 0.3) is 0 Å². The molecule has 0 aromatic heterocycles. The van der Waals surface area contributed by atoms with Crippen LogP contribution in [0.4, 0.5) is 0 Å². The molecule has 2 aliphatic heterocycles. The van der Waals surface area contributed by atoms with Crippen LogP contribution < -0.4 is 0 Å². The van der Waals surface area contributed by atoms with Gasteiger partial charge in [-0.15, -0.1) is 0 Å². The van der Waals surface area contributed by atoms with Crippen molar-refractivity contribution in [3.8, 4) is 6.07 Å². The molecule has 0 aliphatic carbocycles. The average molecular weight is 334 g/mol. The lowest BCUT2D eigenvalue weighted by Crippen LogP contribution is -2.43. The normalized spacial score (nSPS) is 26.4. The van der Waals surface area contributed by atoms with E-state index in [0.29, 0.717) is 17.0 Å². The van der Waals surface area contributed by atoms with Crippen molar-refractivity contribution in [1.82, 2.24) is 5.01 Å². The number of hydrogen-bond donors (Lipinski definition) is 1. The largest absolute Gasteiger partial charge is 0.391 e. The molecule has 0 amide bonds. The van der Waals surface area contributed by atoms with E-state index >= 15 is 0 Å². The highest BCUT2D eigenvalue weighted by atomic mass is 35.5. The Bertz CT molecular complexity index is 696. The number of halogens is 1. The summed E-state index contributed by atoms with van der Waals surface area (Å²) in [7, 11) is 0. The summed E-state index contributed by atoms with van der Waals surface area (Å²) >= 11 is 6.30. The SMILES string of the molecule is Cc1c(C2=NN3CC[C@@H](O)[C@H]3[C@@H]2OC(C)C)ccc(C#N)c1Cl. The quantitative estimate of drug-likeness (QED) is 0.922. The minimum atomic E-state index is -0.450. The lowest BCUT2D eigenvalue weighted by molar-refractivity contribution is -0.0132. The Kier molecular flexibility index (Phi) is 4.33. The van der Waals surface area contributed by atoms with Crippen LogP contribution in [0.25, 0.3) is 0 Å². The second-order valence-electron chi connectivity index (χ2n) is 6.31. The Hall–Kier alpha value is -1.61. The molecule has 2 heterocycles. The maximum atomic E-state index is 10.3. The van der Waals surface area contributed by atoms with Gasteiger partial charge in [0.05, 0.1) is 28.5 Å². The number of hydrogen-bond acceptors (Lipinski definition) is 5. The average Bonchev–Trinajstić information content (AvgIpc) is 3.03. The van der Waals surface area contributed by atoms with Gasteiger partial charge < -0.3 is 9.84 Å². The highest BCUT2D eigenvalue weighted by Crippen LogP contribution is 2.34. The third-order valence-corrected chi connectivity index (χ3v) is 4.90. The van der Waals surface area contributed by atoms with Crippen LogP contribution in [0.15, 0.2) is 17.2 Å². The summed E-state index contributed by atoms with van der Waals surface area (Å²) in [5, 5.41) is 26.4. The predicted molar refractivity (Wildman–Crippen MR) is 88.6 cm³/mol. The summed E-state index contributed by atoms with van der Waals surface area (Å²) in [5.74, 6) is 0. The Labute approximate surface area is 141 Å². The minimum Gasteiger partial charge on any atom is -0.391 e. The summed E-state index contributed by atoms with van der Waals surface area (Å²) in [6, 6.07) is 5.51. The van der Waals surface area contributed by atoms with Gasteiger partial charge in [0.2, 0.25) is 0 Å². The molecule has 1 aromatic carbocycles. The van der Waals surface area contributed by atoms with Crippen molar-refractivity contribution in [2.75, 3.05) is 6.54 Å². The molecule has 3 rings (SSSR count). The molecular weight excluding hydrogens is 314 g/mol. The zero-order chi connectivity index (χ0) is 16.7. The molecule has 3 atom stereocenters. The lowest BCUT2D eigenvalue weighted by atomic mass is 9.94. The van der Waals surface area contributed by atoms with E-state index < -0.39 is 6.10 Å². The molecule has 122 valence electrons. The first-order valence-corrected chi connectivity index (χ1v) is 8.20. The Morgan fingerprint density at radius 3 is 2.87 bits per heavy atom. The van der Waals surface area contributed by atoms with E-state index in [1.165, 1.54) is 0 Å². The third-order valence-electron chi connectivity index (χ3n) is 4.41. The standard InChI is InChI=1S/C17H20ClN3O2/c1-9(2)23-17-15(20-21-7-6-13(22)16(17)21)12-5-4-11(8-19)14(18)10(12)3/h4-5,9,13,16-17,22H,6-7H2,1-3H3/t13-,16+,17-/m1/s1. The van der Waals surface area contributed by atoms with Crippen molar-refractivity contribution in [2.24, 2.45) is 5.10 Å². The van der Waals surface area contributed by atoms with Crippen molar-refractivity contribution in [3.63, 3.8) is 0 Å². The molecular formula is C17H20ClN3O2. The number of aliphatic hydroxyl groups excluding tert-OH is 1. The van der Waals surface area contributed by atoms with E-state index in [1.807, 2.05) is 31.8 Å². The number of hydrazone groups is 1. The summed E-state index contributed by atoms with van der Waals surface area (Å²) < 4.78 is 6.07. The third kappa shape index (κ3) is 2.72. The van der Waals surface area contributed by atoms with E-state index in [-0.39, 0.29) is 18.2 Å². The minimum absolute atomic E-state index is 0.0205. The molecule has 23 heavy (non-hydrogen) atoms. The van der Waals surface area contributed by atoms with Crippen molar-refractivity contribution < 1.29 is 9.84 Å². The van der Waals surface area contributed by atoms with Gasteiger partial charge in [-0.3, -0.25) is 5.01 Å². The molecule has 1 fully saturated rings. The highest BCUT2D eigenvalue weighted by Gasteiger charge is 2.47. The van der Waals surface area contributed by atoms with Gasteiger partial charge in [0.15, 0.2) is 0 Å². The maximum absolute atomic E-state index is 10.3. The van der Waals surface area contributed by atoms with E-state index in [9.17, 15) is 5.11 Å². The van der Waals surface area contributed by atoms with Crippen LogP contribution in [0.5, 0.6) is 0 Å². The summed E-state index contributed by atoms with van der Waals surface area (Å²) in [6.45, 7) is 6.55. The molecule has 1 saturated heterocycles. The summed E-state index contributed by atoms with van der Waals surface area (Å²) in [4.78, 5) is 0. The van der Waals surface area contributed by atoms with Crippen LogP contribution in [0.1, 0.15) is 37.0 Å². The molecule has 5 nitrogen and oxygen atoms in total. The van der Waals surface area contributed by atoms with Crippen LogP contribution in [-0.2, 0) is 4.74 Å². The number of fused-ring (bicyclic) bond motifs is 1. The Balaban J connectivity index is 2.04. The Morgan fingerprint density at radius 1 is 1.48 bits per heavy atom. The molecule has 0 bridgehead atoms. The zero-order valence-electron chi connectivity index (χ0n) is 13.5. The number of aliphatic hydroxyl groups is 1. The lowest BCUT2D eigenvalue weighted by Gasteiger charge is -2.26. The zero-order valence-corrected chi connectivity index (χ0v) is 14.2. The molecule has 1 aromatic rings. The maximum Gasteiger partial charge on any atom is 0.127 e. The second kappa shape index (κ2) is 6.12. The first-order chi connectivity index (χ1) is 10.9. The van der Waals surface area contributed by atoms with Crippen LogP contribution in [0, 0.1) is 18.3 Å². The fourth-order valence-electron chi connectivity index (χ4n) is 3.31. The molecule has 0 spiro atoms. The van der Waals surface area contributed by atoms with Crippen molar-refractivity contribution in [1.29, 1.82) is 5.26 Å². The number of nitriles is 1. The van der Waals surface area contributed by atoms with Crippen LogP contribution >= 0.6 is 11.6 Å². The number of benzene rings is 1. The first kappa shape index (κ1) is 16.3. The number of nitrogens with zero attached hydrogens (tertiary/aromatic N) is 3. The van der Waals surface area contributed by atoms with E-state index in [0.717, 1.165) is 23.4 Å². The van der Waals surface area contributed by atoms with Gasteiger partial charge in [-0.2, -0.15) is 10.4 Å². The Morgan fingerprint density at radius 2 is 2.22 bits per heavy atom. The highest BCUT2D eigenvalue weighted by molar-refractivity contribution is 6.33. The van der Waals surface area contributed by atoms with Crippen molar-refractivity contribution in [2.45, 2.75) is 51.5 Å². The molecule has 6 heteroatoms. The summed E-state index contributed by atoms with van der Waals surface area (Å²) in [5.41, 5.74) is 2.93. The first-order valence-electron chi connectivity index (χ1n) is 7.82. The van der Waals surface area contributed by atoms with E-state index in [2.05, 4.69) is 11.2 Å². The molecule has 1 N–H and O–H groups in total. The monoisotopic (exact) mass is 333 g/mol. The molecule has 2 aliphatic rings. The van der Waals surface area contributed by atoms with Crippen molar-refractivity contribution >= 4 is 17.3 Å². The molecule has 0 radical (unpaired) electrons. The second-order valence-corrected chi connectivity index (χ2v) is 6.69. The predicted octanol–water partition coefficient (Wildman–Crippen LogP) is 2.47. The molecule has 0 unspecified atom stereocenters. The molecule has 0 saturated carbocycles. The number of ether oxygens (including phenoxy) is 1. The van der Waals surface area contributed by atoms with Crippen LogP contribution in [0.3, 0.4) is 0 Å². The van der Waals surface area contributed by atoms with E-state index in [1.54, 1.807) is 6.07 Å².